The van der Waals surface area contributed by atoms with E-state index < -0.39 is 0 Å². The molecule has 102 valence electrons. The molecule has 0 bridgehead atoms. The molecular weight excluding hydrogens is 244 g/mol. The largest absolute Gasteiger partial charge is 0.465 e. The smallest absolute Gasteiger partial charge is 0.319 e. The Balaban J connectivity index is 1.88. The lowest BCUT2D eigenvalue weighted by Gasteiger charge is -2.16. The molecule has 1 heterocycles. The third-order valence-electron chi connectivity index (χ3n) is 3.03. The van der Waals surface area contributed by atoms with E-state index in [1.54, 1.807) is 11.8 Å². The van der Waals surface area contributed by atoms with Crippen molar-refractivity contribution in [2.24, 2.45) is 0 Å². The Morgan fingerprint density at radius 2 is 2.16 bits per heavy atom. The fraction of sp³-hybridized carbons (Fsp3) is 0.429. The van der Waals surface area contributed by atoms with Crippen LogP contribution in [0.3, 0.4) is 0 Å². The molecule has 1 atom stereocenters. The topological polar surface area (TPSA) is 58.6 Å². The second-order valence-corrected chi connectivity index (χ2v) is 4.43. The van der Waals surface area contributed by atoms with Crippen LogP contribution in [0.2, 0.25) is 0 Å². The monoisotopic (exact) mass is 262 g/mol. The number of esters is 1. The lowest BCUT2D eigenvalue weighted by Crippen LogP contribution is -2.36. The Morgan fingerprint density at radius 3 is 2.84 bits per heavy atom. The molecule has 1 aliphatic rings. The van der Waals surface area contributed by atoms with Gasteiger partial charge < -0.3 is 15.0 Å². The second-order valence-electron chi connectivity index (χ2n) is 4.43. The molecule has 0 saturated carbocycles. The van der Waals surface area contributed by atoms with Crippen LogP contribution in [0.4, 0.5) is 5.69 Å². The van der Waals surface area contributed by atoms with Gasteiger partial charge in [0.05, 0.1) is 13.2 Å². The molecule has 19 heavy (non-hydrogen) atoms. The van der Waals surface area contributed by atoms with E-state index in [0.29, 0.717) is 19.6 Å². The first-order chi connectivity index (χ1) is 9.20. The number of hydrogen-bond donors (Lipinski definition) is 1. The maximum absolute atomic E-state index is 11.9. The van der Waals surface area contributed by atoms with Gasteiger partial charge in [-0.2, -0.15) is 0 Å². The lowest BCUT2D eigenvalue weighted by molar-refractivity contribution is -0.142. The van der Waals surface area contributed by atoms with Crippen LogP contribution in [0.5, 0.6) is 0 Å². The Labute approximate surface area is 112 Å². The molecule has 1 saturated heterocycles. The van der Waals surface area contributed by atoms with Gasteiger partial charge in [0.25, 0.3) is 0 Å². The minimum absolute atomic E-state index is 0.00267. The summed E-state index contributed by atoms with van der Waals surface area (Å²) in [6.45, 7) is 2.88. The van der Waals surface area contributed by atoms with Gasteiger partial charge in [-0.05, 0) is 19.1 Å². The molecule has 5 nitrogen and oxygen atoms in total. The number of para-hydroxylation sites is 1. The maximum atomic E-state index is 11.9. The summed E-state index contributed by atoms with van der Waals surface area (Å²) in [5, 5.41) is 3.06. The van der Waals surface area contributed by atoms with E-state index in [0.717, 1.165) is 5.69 Å². The minimum atomic E-state index is -0.284. The van der Waals surface area contributed by atoms with Crippen molar-refractivity contribution in [3.8, 4) is 0 Å². The molecule has 5 heteroatoms. The molecule has 1 amide bonds. The molecule has 1 aromatic carbocycles. The fourth-order valence-corrected chi connectivity index (χ4v) is 2.14. The predicted molar refractivity (Wildman–Crippen MR) is 71.8 cm³/mol. The van der Waals surface area contributed by atoms with Gasteiger partial charge in [0.2, 0.25) is 5.91 Å². The van der Waals surface area contributed by atoms with Gasteiger partial charge in [0.15, 0.2) is 0 Å². The van der Waals surface area contributed by atoms with Crippen molar-refractivity contribution in [2.75, 3.05) is 24.6 Å². The number of rotatable bonds is 5. The van der Waals surface area contributed by atoms with E-state index in [4.69, 9.17) is 4.74 Å². The van der Waals surface area contributed by atoms with Crippen molar-refractivity contribution in [3.63, 3.8) is 0 Å². The molecule has 1 aromatic rings. The molecule has 1 N–H and O–H groups in total. The van der Waals surface area contributed by atoms with Crippen molar-refractivity contribution < 1.29 is 14.3 Å². The quantitative estimate of drug-likeness (QED) is 0.802. The van der Waals surface area contributed by atoms with E-state index in [-0.39, 0.29) is 24.5 Å². The number of anilines is 1. The Hall–Kier alpha value is -1.88. The molecule has 0 radical (unpaired) electrons. The summed E-state index contributed by atoms with van der Waals surface area (Å²) in [6, 6.07) is 9.54. The van der Waals surface area contributed by atoms with E-state index in [9.17, 15) is 9.59 Å². The summed E-state index contributed by atoms with van der Waals surface area (Å²) in [5.74, 6) is -0.208. The number of ether oxygens (including phenoxy) is 1. The fourth-order valence-electron chi connectivity index (χ4n) is 2.14. The highest BCUT2D eigenvalue weighted by atomic mass is 16.5. The van der Waals surface area contributed by atoms with Crippen molar-refractivity contribution in [2.45, 2.75) is 19.4 Å². The highest BCUT2D eigenvalue weighted by Crippen LogP contribution is 2.20. The first-order valence-electron chi connectivity index (χ1n) is 6.45. The first kappa shape index (κ1) is 13.5. The number of carbonyl (C=O) groups is 2. The van der Waals surface area contributed by atoms with Gasteiger partial charge in [-0.25, -0.2) is 0 Å². The number of nitrogens with zero attached hydrogens (tertiary/aromatic N) is 1. The van der Waals surface area contributed by atoms with Crippen LogP contribution in [0.1, 0.15) is 13.3 Å². The number of carbonyl (C=O) groups excluding carboxylic acids is 2. The van der Waals surface area contributed by atoms with Crippen molar-refractivity contribution in [1.82, 2.24) is 5.32 Å². The van der Waals surface area contributed by atoms with Crippen LogP contribution < -0.4 is 10.2 Å². The maximum Gasteiger partial charge on any atom is 0.319 e. The standard InChI is InChI=1S/C14H18N2O3/c1-2-19-14(18)9-15-11-8-13(17)16(10-11)12-6-4-3-5-7-12/h3-7,11,15H,2,8-10H2,1H3/t11-/m0/s1. The van der Waals surface area contributed by atoms with Gasteiger partial charge in [-0.15, -0.1) is 0 Å². The summed E-state index contributed by atoms with van der Waals surface area (Å²) < 4.78 is 4.84. The zero-order chi connectivity index (χ0) is 13.7. The first-order valence-corrected chi connectivity index (χ1v) is 6.45. The molecule has 0 spiro atoms. The molecule has 1 aliphatic heterocycles. The normalized spacial score (nSPS) is 18.7. The molecule has 2 rings (SSSR count). The van der Waals surface area contributed by atoms with Crippen LogP contribution in [-0.2, 0) is 14.3 Å². The summed E-state index contributed by atoms with van der Waals surface area (Å²) >= 11 is 0. The molecular formula is C14H18N2O3. The van der Waals surface area contributed by atoms with E-state index in [2.05, 4.69) is 5.32 Å². The molecule has 1 fully saturated rings. The number of benzene rings is 1. The van der Waals surface area contributed by atoms with Gasteiger partial charge in [0, 0.05) is 24.7 Å². The van der Waals surface area contributed by atoms with Crippen molar-refractivity contribution in [1.29, 1.82) is 0 Å². The summed E-state index contributed by atoms with van der Waals surface area (Å²) in [6.07, 6.45) is 0.411. The van der Waals surface area contributed by atoms with Crippen molar-refractivity contribution in [3.05, 3.63) is 30.3 Å². The van der Waals surface area contributed by atoms with Gasteiger partial charge in [-0.1, -0.05) is 18.2 Å². The van der Waals surface area contributed by atoms with Gasteiger partial charge in [0.1, 0.15) is 0 Å². The zero-order valence-electron chi connectivity index (χ0n) is 11.0. The van der Waals surface area contributed by atoms with Crippen LogP contribution in [0.15, 0.2) is 30.3 Å². The molecule has 0 aliphatic carbocycles. The third-order valence-corrected chi connectivity index (χ3v) is 3.03. The third kappa shape index (κ3) is 3.54. The molecule has 0 unspecified atom stereocenters. The Kier molecular flexibility index (Phi) is 4.52. The van der Waals surface area contributed by atoms with Gasteiger partial charge in [-0.3, -0.25) is 9.59 Å². The highest BCUT2D eigenvalue weighted by Gasteiger charge is 2.30. The average molecular weight is 262 g/mol. The lowest BCUT2D eigenvalue weighted by atomic mass is 10.2. The number of nitrogens with one attached hydrogen (secondary N) is 1. The molecule has 0 aromatic heterocycles. The van der Waals surface area contributed by atoms with Crippen molar-refractivity contribution >= 4 is 17.6 Å². The zero-order valence-corrected chi connectivity index (χ0v) is 11.0. The summed E-state index contributed by atoms with van der Waals surface area (Å²) in [4.78, 5) is 24.9. The SMILES string of the molecule is CCOC(=O)CN[C@H]1CC(=O)N(c2ccccc2)C1. The summed E-state index contributed by atoms with van der Waals surface area (Å²) in [7, 11) is 0. The summed E-state index contributed by atoms with van der Waals surface area (Å²) in [5.41, 5.74) is 0.896. The second kappa shape index (κ2) is 6.33. The predicted octanol–water partition coefficient (Wildman–Crippen LogP) is 0.945. The van der Waals surface area contributed by atoms with Crippen LogP contribution in [0, 0.1) is 0 Å². The highest BCUT2D eigenvalue weighted by molar-refractivity contribution is 5.96. The van der Waals surface area contributed by atoms with E-state index in [1.807, 2.05) is 30.3 Å². The van der Waals surface area contributed by atoms with Crippen LogP contribution >= 0.6 is 0 Å². The van der Waals surface area contributed by atoms with E-state index >= 15 is 0 Å². The number of hydrogen-bond acceptors (Lipinski definition) is 4. The van der Waals surface area contributed by atoms with Crippen LogP contribution in [0.25, 0.3) is 0 Å². The minimum Gasteiger partial charge on any atom is -0.465 e. The van der Waals surface area contributed by atoms with E-state index in [1.165, 1.54) is 0 Å². The van der Waals surface area contributed by atoms with Crippen LogP contribution in [-0.4, -0.2) is 37.6 Å². The average Bonchev–Trinajstić information content (AvgIpc) is 2.79. The Bertz CT molecular complexity index is 447. The van der Waals surface area contributed by atoms with Gasteiger partial charge >= 0.3 is 5.97 Å². The Morgan fingerprint density at radius 1 is 1.42 bits per heavy atom. The number of amides is 1.